The van der Waals surface area contributed by atoms with Gasteiger partial charge in [0.25, 0.3) is 5.56 Å². The molecule has 1 atom stereocenters. The monoisotopic (exact) mass is 450 g/mol. The highest BCUT2D eigenvalue weighted by Crippen LogP contribution is 2.37. The highest BCUT2D eigenvalue weighted by atomic mass is 16.1. The van der Waals surface area contributed by atoms with Crippen molar-refractivity contribution >= 4 is 10.9 Å². The van der Waals surface area contributed by atoms with Crippen LogP contribution in [0.3, 0.4) is 0 Å². The Morgan fingerprint density at radius 1 is 1.15 bits per heavy atom. The number of nitrogens with one attached hydrogen (secondary N) is 1. The third kappa shape index (κ3) is 4.74. The number of H-pyrrole nitrogens is 1. The predicted molar refractivity (Wildman–Crippen MR) is 132 cm³/mol. The van der Waals surface area contributed by atoms with Crippen LogP contribution < -0.4 is 5.56 Å². The predicted octanol–water partition coefficient (Wildman–Crippen LogP) is 5.03. The molecule has 1 aromatic carbocycles. The maximum Gasteiger partial charge on any atom is 0.252 e. The summed E-state index contributed by atoms with van der Waals surface area (Å²) in [5.41, 5.74) is 3.82. The molecule has 0 bridgehead atoms. The van der Waals surface area contributed by atoms with Crippen LogP contribution >= 0.6 is 0 Å². The Labute approximate surface area is 196 Å². The molecule has 1 aliphatic rings. The first-order chi connectivity index (χ1) is 15.6. The van der Waals surface area contributed by atoms with Gasteiger partial charge in [0.05, 0.1) is 17.1 Å². The van der Waals surface area contributed by atoms with Gasteiger partial charge in [-0.05, 0) is 86.9 Å². The minimum absolute atomic E-state index is 0.00429. The molecule has 0 aliphatic heterocycles. The summed E-state index contributed by atoms with van der Waals surface area (Å²) in [5, 5.41) is 14.0. The molecule has 0 spiro atoms. The summed E-state index contributed by atoms with van der Waals surface area (Å²) < 4.78 is 1.96. The molecular weight excluding hydrogens is 412 g/mol. The fraction of sp³-hybridized carbons (Fsp3) is 0.615. The molecule has 7 heteroatoms. The van der Waals surface area contributed by atoms with Crippen LogP contribution in [-0.2, 0) is 12.1 Å². The zero-order chi connectivity index (χ0) is 23.9. The van der Waals surface area contributed by atoms with Crippen LogP contribution in [0.1, 0.15) is 88.9 Å². The van der Waals surface area contributed by atoms with Gasteiger partial charge in [-0.25, -0.2) is 4.68 Å². The lowest BCUT2D eigenvalue weighted by atomic mass is 9.96. The van der Waals surface area contributed by atoms with Crippen LogP contribution in [0.25, 0.3) is 10.9 Å². The third-order valence-electron chi connectivity index (χ3n) is 6.90. The first-order valence-corrected chi connectivity index (χ1v) is 12.2. The van der Waals surface area contributed by atoms with Crippen LogP contribution in [0.5, 0.6) is 0 Å². The number of aryl methyl sites for hydroxylation is 2. The smallest absolute Gasteiger partial charge is 0.252 e. The van der Waals surface area contributed by atoms with Crippen LogP contribution in [0.15, 0.2) is 23.0 Å². The topological polar surface area (TPSA) is 79.7 Å². The van der Waals surface area contributed by atoms with Crippen molar-refractivity contribution in [3.63, 3.8) is 0 Å². The second-order valence-electron chi connectivity index (χ2n) is 11.1. The fourth-order valence-electron chi connectivity index (χ4n) is 5.42. The lowest BCUT2D eigenvalue weighted by Crippen LogP contribution is -2.42. The van der Waals surface area contributed by atoms with Gasteiger partial charge in [-0.2, -0.15) is 0 Å². The van der Waals surface area contributed by atoms with E-state index in [0.29, 0.717) is 18.5 Å². The van der Waals surface area contributed by atoms with Gasteiger partial charge in [0, 0.05) is 18.2 Å². The zero-order valence-electron chi connectivity index (χ0n) is 21.1. The van der Waals surface area contributed by atoms with E-state index in [2.05, 4.69) is 92.1 Å². The molecule has 1 unspecified atom stereocenters. The molecular formula is C26H38N6O. The van der Waals surface area contributed by atoms with Gasteiger partial charge in [0.1, 0.15) is 0 Å². The number of nitrogens with zero attached hydrogens (tertiary/aromatic N) is 5. The summed E-state index contributed by atoms with van der Waals surface area (Å²) in [6.07, 6.45) is 4.74. The Morgan fingerprint density at radius 2 is 1.85 bits per heavy atom. The summed E-state index contributed by atoms with van der Waals surface area (Å²) in [5.74, 6) is 1.18. The van der Waals surface area contributed by atoms with Crippen molar-refractivity contribution in [1.29, 1.82) is 0 Å². The number of hydrogen-bond donors (Lipinski definition) is 1. The Hall–Kier alpha value is -2.54. The number of hydrogen-bond acceptors (Lipinski definition) is 5. The number of fused-ring (bicyclic) bond motifs is 1. The minimum atomic E-state index is -0.219. The number of tetrazole rings is 1. The van der Waals surface area contributed by atoms with Gasteiger partial charge in [-0.1, -0.05) is 38.3 Å². The van der Waals surface area contributed by atoms with Gasteiger partial charge in [0.15, 0.2) is 5.82 Å². The van der Waals surface area contributed by atoms with Crippen molar-refractivity contribution in [3.8, 4) is 0 Å². The lowest BCUT2D eigenvalue weighted by molar-refractivity contribution is 0.0802. The normalized spacial score (nSPS) is 16.4. The van der Waals surface area contributed by atoms with Gasteiger partial charge in [-0.15, -0.1) is 5.10 Å². The van der Waals surface area contributed by atoms with Crippen LogP contribution in [0.4, 0.5) is 0 Å². The van der Waals surface area contributed by atoms with E-state index in [4.69, 9.17) is 0 Å². The average Bonchev–Trinajstić information content (AvgIpc) is 3.40. The summed E-state index contributed by atoms with van der Waals surface area (Å²) in [7, 11) is 0. The maximum absolute atomic E-state index is 13.2. The first-order valence-electron chi connectivity index (χ1n) is 12.2. The second-order valence-corrected chi connectivity index (χ2v) is 11.1. The molecule has 1 fully saturated rings. The Bertz CT molecular complexity index is 1180. The van der Waals surface area contributed by atoms with E-state index < -0.39 is 0 Å². The SMILES string of the molecule is Cc1cc(C)c2[nH]c(=O)c(CN(C3CCCC3)C(c3nnnn3C(C)(C)C)C(C)C)cc2c1. The number of benzene rings is 1. The van der Waals surface area contributed by atoms with E-state index >= 15 is 0 Å². The van der Waals surface area contributed by atoms with Gasteiger partial charge in [-0.3, -0.25) is 9.69 Å². The second kappa shape index (κ2) is 9.01. The highest BCUT2D eigenvalue weighted by molar-refractivity contribution is 5.82. The molecule has 1 aliphatic carbocycles. The lowest BCUT2D eigenvalue weighted by Gasteiger charge is -2.39. The van der Waals surface area contributed by atoms with Crippen LogP contribution in [0.2, 0.25) is 0 Å². The third-order valence-corrected chi connectivity index (χ3v) is 6.90. The van der Waals surface area contributed by atoms with E-state index in [9.17, 15) is 4.79 Å². The van der Waals surface area contributed by atoms with Crippen LogP contribution in [0, 0.1) is 19.8 Å². The molecule has 2 aromatic heterocycles. The van der Waals surface area contributed by atoms with Crippen LogP contribution in [-0.4, -0.2) is 36.1 Å². The largest absolute Gasteiger partial charge is 0.321 e. The fourth-order valence-corrected chi connectivity index (χ4v) is 5.42. The Morgan fingerprint density at radius 3 is 2.48 bits per heavy atom. The molecule has 0 amide bonds. The van der Waals surface area contributed by atoms with Gasteiger partial charge < -0.3 is 4.98 Å². The van der Waals surface area contributed by atoms with E-state index in [0.717, 1.165) is 40.7 Å². The minimum Gasteiger partial charge on any atom is -0.321 e. The maximum atomic E-state index is 13.2. The summed E-state index contributed by atoms with van der Waals surface area (Å²) in [4.78, 5) is 18.9. The Balaban J connectivity index is 1.81. The first kappa shape index (κ1) is 23.6. The van der Waals surface area contributed by atoms with Gasteiger partial charge in [0.2, 0.25) is 0 Å². The standard InChI is InChI=1S/C26H38N6O/c1-16(2)23(24-28-29-30-32(24)26(5,6)7)31(21-10-8-9-11-21)15-20-14-19-13-17(3)12-18(4)22(19)27-25(20)33/h12-14,16,21,23H,8-11,15H2,1-7H3,(H,27,33). The number of pyridine rings is 1. The quantitative estimate of drug-likeness (QED) is 0.570. The summed E-state index contributed by atoms with van der Waals surface area (Å²) in [6, 6.07) is 6.79. The molecule has 7 nitrogen and oxygen atoms in total. The van der Waals surface area contributed by atoms with Crippen molar-refractivity contribution in [1.82, 2.24) is 30.1 Å². The van der Waals surface area contributed by atoms with E-state index in [1.807, 2.05) is 4.68 Å². The molecule has 4 rings (SSSR count). The van der Waals surface area contributed by atoms with Gasteiger partial charge >= 0.3 is 0 Å². The number of aromatic amines is 1. The molecule has 0 saturated heterocycles. The molecule has 0 radical (unpaired) electrons. The number of aromatic nitrogens is 5. The summed E-state index contributed by atoms with van der Waals surface area (Å²) >= 11 is 0. The molecule has 178 valence electrons. The average molecular weight is 451 g/mol. The van der Waals surface area contributed by atoms with Crippen molar-refractivity contribution in [2.45, 2.75) is 98.3 Å². The van der Waals surface area contributed by atoms with Crippen molar-refractivity contribution in [2.75, 3.05) is 0 Å². The summed E-state index contributed by atoms with van der Waals surface area (Å²) in [6.45, 7) is 15.6. The molecule has 33 heavy (non-hydrogen) atoms. The Kier molecular flexibility index (Phi) is 6.45. The van der Waals surface area contributed by atoms with E-state index in [1.54, 1.807) is 0 Å². The highest BCUT2D eigenvalue weighted by Gasteiger charge is 2.37. The van der Waals surface area contributed by atoms with Crippen molar-refractivity contribution < 1.29 is 0 Å². The molecule has 2 heterocycles. The molecule has 1 N–H and O–H groups in total. The molecule has 3 aromatic rings. The number of rotatable bonds is 6. The molecule has 1 saturated carbocycles. The van der Waals surface area contributed by atoms with Crippen molar-refractivity contribution in [3.05, 3.63) is 51.1 Å². The van der Waals surface area contributed by atoms with E-state index in [-0.39, 0.29) is 17.1 Å². The van der Waals surface area contributed by atoms with Crippen molar-refractivity contribution in [2.24, 2.45) is 5.92 Å². The van der Waals surface area contributed by atoms with E-state index in [1.165, 1.54) is 18.4 Å². The zero-order valence-corrected chi connectivity index (χ0v) is 21.1.